The third-order valence-electron chi connectivity index (χ3n) is 4.68. The Kier molecular flexibility index (Phi) is 6.22. The van der Waals surface area contributed by atoms with Crippen LogP contribution in [-0.2, 0) is 11.2 Å². The Hall–Kier alpha value is -4.72. The molecule has 13 nitrogen and oxygen atoms in total. The van der Waals surface area contributed by atoms with Gasteiger partial charge in [0.25, 0.3) is 5.69 Å². The lowest BCUT2D eigenvalue weighted by molar-refractivity contribution is -0.384. The highest BCUT2D eigenvalue weighted by atomic mass is 32.1. The standard InChI is InChI=1S/C20H16N8O5S/c1-11-3-2-4-14-16(11)23-20(34-14)24-18-17(28(32)33)19(22-10-21-18)26-25-15(29)9-12-5-7-13(8-6-12)27(30)31/h2-8,10H,9H2,1H3,(H,25,29)(H2,21,22,23,24,26). The van der Waals surface area contributed by atoms with Crippen molar-refractivity contribution in [3.8, 4) is 0 Å². The van der Waals surface area contributed by atoms with Gasteiger partial charge in [0.05, 0.1) is 26.5 Å². The van der Waals surface area contributed by atoms with Gasteiger partial charge >= 0.3 is 5.69 Å². The van der Waals surface area contributed by atoms with Crippen molar-refractivity contribution in [3.63, 3.8) is 0 Å². The number of carbonyl (C=O) groups excluding carboxylic acids is 1. The number of hydrazine groups is 1. The number of anilines is 3. The number of fused-ring (bicyclic) bond motifs is 1. The van der Waals surface area contributed by atoms with Crippen LogP contribution in [0.4, 0.5) is 28.1 Å². The van der Waals surface area contributed by atoms with Crippen molar-refractivity contribution >= 4 is 55.6 Å². The molecular weight excluding hydrogens is 464 g/mol. The first-order chi connectivity index (χ1) is 16.3. The molecule has 0 saturated carbocycles. The summed E-state index contributed by atoms with van der Waals surface area (Å²) in [5, 5.41) is 25.7. The maximum Gasteiger partial charge on any atom is 0.355 e. The first-order valence-corrected chi connectivity index (χ1v) is 10.5. The fraction of sp³-hybridized carbons (Fsp3) is 0.100. The van der Waals surface area contributed by atoms with Gasteiger partial charge in [0.1, 0.15) is 6.33 Å². The summed E-state index contributed by atoms with van der Waals surface area (Å²) in [7, 11) is 0. The number of aromatic nitrogens is 3. The van der Waals surface area contributed by atoms with Crippen LogP contribution in [0.2, 0.25) is 0 Å². The molecular formula is C20H16N8O5S. The van der Waals surface area contributed by atoms with Crippen LogP contribution in [0.3, 0.4) is 0 Å². The van der Waals surface area contributed by atoms with Gasteiger partial charge in [0.15, 0.2) is 5.13 Å². The minimum atomic E-state index is -0.675. The number of amides is 1. The molecule has 2 heterocycles. The van der Waals surface area contributed by atoms with E-state index >= 15 is 0 Å². The summed E-state index contributed by atoms with van der Waals surface area (Å²) >= 11 is 1.32. The zero-order chi connectivity index (χ0) is 24.2. The second-order valence-corrected chi connectivity index (χ2v) is 8.05. The van der Waals surface area contributed by atoms with E-state index in [0.717, 1.165) is 22.1 Å². The van der Waals surface area contributed by atoms with Gasteiger partial charge < -0.3 is 5.32 Å². The van der Waals surface area contributed by atoms with Gasteiger partial charge in [-0.1, -0.05) is 35.6 Å². The minimum absolute atomic E-state index is 0.0937. The van der Waals surface area contributed by atoms with Crippen molar-refractivity contribution in [2.75, 3.05) is 10.7 Å². The highest BCUT2D eigenvalue weighted by molar-refractivity contribution is 7.22. The number of para-hydroxylation sites is 1. The van der Waals surface area contributed by atoms with Gasteiger partial charge in [-0.25, -0.2) is 15.0 Å². The van der Waals surface area contributed by atoms with Crippen LogP contribution in [0, 0.1) is 27.2 Å². The highest BCUT2D eigenvalue weighted by Gasteiger charge is 2.24. The van der Waals surface area contributed by atoms with Crippen molar-refractivity contribution in [1.82, 2.24) is 20.4 Å². The number of aryl methyl sites for hydroxylation is 1. The Bertz CT molecular complexity index is 1410. The van der Waals surface area contributed by atoms with Gasteiger partial charge in [0.2, 0.25) is 17.5 Å². The van der Waals surface area contributed by atoms with Crippen LogP contribution >= 0.6 is 11.3 Å². The molecule has 2 aromatic heterocycles. The van der Waals surface area contributed by atoms with Gasteiger partial charge in [-0.3, -0.25) is 35.9 Å². The summed E-state index contributed by atoms with van der Waals surface area (Å²) in [4.78, 5) is 45.8. The van der Waals surface area contributed by atoms with E-state index in [1.54, 1.807) is 0 Å². The second kappa shape index (κ2) is 9.41. The molecule has 1 amide bonds. The molecule has 34 heavy (non-hydrogen) atoms. The zero-order valence-electron chi connectivity index (χ0n) is 17.5. The van der Waals surface area contributed by atoms with Crippen LogP contribution in [0.1, 0.15) is 11.1 Å². The normalized spacial score (nSPS) is 10.6. The molecule has 0 aliphatic heterocycles. The summed E-state index contributed by atoms with van der Waals surface area (Å²) in [5.74, 6) is -0.849. The van der Waals surface area contributed by atoms with Crippen molar-refractivity contribution in [2.45, 2.75) is 13.3 Å². The Balaban J connectivity index is 1.49. The van der Waals surface area contributed by atoms with Gasteiger partial charge in [-0.15, -0.1) is 0 Å². The van der Waals surface area contributed by atoms with Crippen LogP contribution in [-0.4, -0.2) is 30.7 Å². The Morgan fingerprint density at radius 3 is 2.44 bits per heavy atom. The molecule has 0 bridgehead atoms. The van der Waals surface area contributed by atoms with Crippen molar-refractivity contribution < 1.29 is 14.6 Å². The average molecular weight is 480 g/mol. The maximum absolute atomic E-state index is 12.2. The Morgan fingerprint density at radius 1 is 1.03 bits per heavy atom. The molecule has 2 aromatic carbocycles. The molecule has 4 rings (SSSR count). The number of non-ortho nitro benzene ring substituents is 1. The highest BCUT2D eigenvalue weighted by Crippen LogP contribution is 2.34. The predicted molar refractivity (Wildman–Crippen MR) is 125 cm³/mol. The molecule has 0 radical (unpaired) electrons. The number of nitro benzene ring substituents is 1. The average Bonchev–Trinajstić information content (AvgIpc) is 3.22. The first-order valence-electron chi connectivity index (χ1n) is 9.72. The van der Waals surface area contributed by atoms with E-state index in [0.29, 0.717) is 10.7 Å². The van der Waals surface area contributed by atoms with Gasteiger partial charge in [-0.2, -0.15) is 0 Å². The SMILES string of the molecule is Cc1cccc2sc(Nc3ncnc(NNC(=O)Cc4ccc([N+](=O)[O-])cc4)c3[N+](=O)[O-])nc12. The number of carbonyl (C=O) groups is 1. The molecule has 0 aliphatic rings. The maximum atomic E-state index is 12.2. The van der Waals surface area contributed by atoms with E-state index in [2.05, 4.69) is 31.1 Å². The quantitative estimate of drug-likeness (QED) is 0.249. The molecule has 3 N–H and O–H groups in total. The first kappa shape index (κ1) is 22.5. The fourth-order valence-electron chi connectivity index (χ4n) is 3.07. The van der Waals surface area contributed by atoms with Crippen LogP contribution in [0.15, 0.2) is 48.8 Å². The molecule has 4 aromatic rings. The lowest BCUT2D eigenvalue weighted by atomic mass is 10.1. The Morgan fingerprint density at radius 2 is 1.76 bits per heavy atom. The summed E-state index contributed by atoms with van der Waals surface area (Å²) in [6.07, 6.45) is 0.999. The van der Waals surface area contributed by atoms with Crippen molar-refractivity contribution in [2.24, 2.45) is 0 Å². The van der Waals surface area contributed by atoms with Gasteiger partial charge in [-0.05, 0) is 24.1 Å². The summed E-state index contributed by atoms with van der Waals surface area (Å²) in [6, 6.07) is 11.2. The van der Waals surface area contributed by atoms with Crippen LogP contribution in [0.25, 0.3) is 10.2 Å². The number of hydrogen-bond acceptors (Lipinski definition) is 11. The molecule has 0 unspecified atom stereocenters. The van der Waals surface area contributed by atoms with Crippen LogP contribution in [0.5, 0.6) is 0 Å². The third-order valence-corrected chi connectivity index (χ3v) is 5.62. The lowest BCUT2D eigenvalue weighted by Gasteiger charge is -2.10. The van der Waals surface area contributed by atoms with E-state index in [1.165, 1.54) is 35.6 Å². The third kappa shape index (κ3) is 4.86. The largest absolute Gasteiger partial charge is 0.355 e. The molecule has 0 saturated heterocycles. The van der Waals surface area contributed by atoms with E-state index < -0.39 is 21.4 Å². The lowest BCUT2D eigenvalue weighted by Crippen LogP contribution is -2.31. The monoisotopic (exact) mass is 480 g/mol. The van der Waals surface area contributed by atoms with E-state index in [1.807, 2.05) is 25.1 Å². The molecule has 0 spiro atoms. The topological polar surface area (TPSA) is 178 Å². The van der Waals surface area contributed by atoms with Crippen molar-refractivity contribution in [3.05, 3.63) is 80.1 Å². The zero-order valence-corrected chi connectivity index (χ0v) is 18.3. The number of nitrogens with one attached hydrogen (secondary N) is 3. The number of rotatable bonds is 8. The Labute approximate surface area is 195 Å². The fourth-order valence-corrected chi connectivity index (χ4v) is 4.01. The molecule has 0 aliphatic carbocycles. The number of thiazole rings is 1. The predicted octanol–water partition coefficient (Wildman–Crippen LogP) is 3.64. The summed E-state index contributed by atoms with van der Waals surface area (Å²) < 4.78 is 0.913. The smallest absolute Gasteiger partial charge is 0.310 e. The van der Waals surface area contributed by atoms with E-state index in [4.69, 9.17) is 0 Å². The molecule has 172 valence electrons. The second-order valence-electron chi connectivity index (χ2n) is 7.02. The number of nitro groups is 2. The van der Waals surface area contributed by atoms with E-state index in [9.17, 15) is 25.0 Å². The summed E-state index contributed by atoms with van der Waals surface area (Å²) in [6.45, 7) is 1.92. The number of hydrogen-bond donors (Lipinski definition) is 3. The molecule has 14 heteroatoms. The van der Waals surface area contributed by atoms with Crippen molar-refractivity contribution in [1.29, 1.82) is 0 Å². The van der Waals surface area contributed by atoms with Crippen LogP contribution < -0.4 is 16.2 Å². The summed E-state index contributed by atoms with van der Waals surface area (Å²) in [5.41, 5.74) is 6.49. The molecule has 0 fully saturated rings. The number of nitrogens with zero attached hydrogens (tertiary/aromatic N) is 5. The molecule has 0 atom stereocenters. The van der Waals surface area contributed by atoms with Gasteiger partial charge in [0, 0.05) is 12.1 Å². The number of benzene rings is 2. The van der Waals surface area contributed by atoms with E-state index in [-0.39, 0.29) is 23.7 Å². The minimum Gasteiger partial charge on any atom is -0.310 e.